The van der Waals surface area contributed by atoms with Crippen LogP contribution in [-0.4, -0.2) is 27.0 Å². The van der Waals surface area contributed by atoms with Gasteiger partial charge in [0.15, 0.2) is 5.69 Å². The Balaban J connectivity index is 2.34. The molecule has 0 atom stereocenters. The van der Waals surface area contributed by atoms with Gasteiger partial charge in [-0.15, -0.1) is 0 Å². The number of carboxylic acid groups (broad SMARTS) is 1. The number of nitrogens with zero attached hydrogens (tertiary/aromatic N) is 2. The zero-order valence-corrected chi connectivity index (χ0v) is 11.2. The molecule has 5 nitrogen and oxygen atoms in total. The van der Waals surface area contributed by atoms with Crippen LogP contribution < -0.4 is 4.74 Å². The largest absolute Gasteiger partial charge is 0.476 e. The van der Waals surface area contributed by atoms with Crippen LogP contribution in [0.2, 0.25) is 0 Å². The summed E-state index contributed by atoms with van der Waals surface area (Å²) in [5, 5.41) is 12.9. The molecule has 0 saturated carbocycles. The number of halogens is 1. The molecule has 20 heavy (non-hydrogen) atoms. The molecular formula is C14H15FN2O3. The monoisotopic (exact) mass is 278 g/mol. The van der Waals surface area contributed by atoms with Crippen molar-refractivity contribution in [1.29, 1.82) is 0 Å². The molecular weight excluding hydrogens is 263 g/mol. The van der Waals surface area contributed by atoms with Crippen LogP contribution in [0.5, 0.6) is 5.88 Å². The van der Waals surface area contributed by atoms with Gasteiger partial charge in [0.05, 0.1) is 12.6 Å². The van der Waals surface area contributed by atoms with Gasteiger partial charge in [-0.25, -0.2) is 13.9 Å². The van der Waals surface area contributed by atoms with Crippen molar-refractivity contribution in [2.75, 3.05) is 0 Å². The van der Waals surface area contributed by atoms with Crippen LogP contribution in [-0.2, 0) is 6.54 Å². The van der Waals surface area contributed by atoms with Gasteiger partial charge in [0.2, 0.25) is 5.88 Å². The van der Waals surface area contributed by atoms with Gasteiger partial charge in [0, 0.05) is 11.6 Å². The van der Waals surface area contributed by atoms with E-state index >= 15 is 0 Å². The summed E-state index contributed by atoms with van der Waals surface area (Å²) >= 11 is 0. The van der Waals surface area contributed by atoms with Crippen molar-refractivity contribution < 1.29 is 19.0 Å². The molecule has 0 fully saturated rings. The fourth-order valence-electron chi connectivity index (χ4n) is 1.74. The Bertz CT molecular complexity index is 623. The molecule has 0 radical (unpaired) electrons. The van der Waals surface area contributed by atoms with E-state index in [0.717, 1.165) is 0 Å². The maximum atomic E-state index is 13.6. The van der Waals surface area contributed by atoms with Crippen molar-refractivity contribution in [3.8, 4) is 5.88 Å². The molecule has 0 aliphatic rings. The molecule has 1 aromatic heterocycles. The Hall–Kier alpha value is -2.37. The molecule has 1 N–H and O–H groups in total. The average molecular weight is 278 g/mol. The maximum Gasteiger partial charge on any atom is 0.356 e. The van der Waals surface area contributed by atoms with E-state index < -0.39 is 5.97 Å². The number of aromatic carboxylic acids is 1. The molecule has 0 bridgehead atoms. The summed E-state index contributed by atoms with van der Waals surface area (Å²) in [7, 11) is 0. The zero-order chi connectivity index (χ0) is 14.7. The number of carboxylic acids is 1. The quantitative estimate of drug-likeness (QED) is 0.913. The molecule has 0 aliphatic heterocycles. The molecule has 0 saturated heterocycles. The van der Waals surface area contributed by atoms with E-state index in [1.54, 1.807) is 18.2 Å². The molecule has 1 aromatic carbocycles. The summed E-state index contributed by atoms with van der Waals surface area (Å²) in [5.41, 5.74) is 0.290. The summed E-state index contributed by atoms with van der Waals surface area (Å²) in [6.07, 6.45) is -0.132. The fourth-order valence-corrected chi connectivity index (χ4v) is 1.74. The second-order valence-electron chi connectivity index (χ2n) is 4.59. The molecule has 6 heteroatoms. The van der Waals surface area contributed by atoms with Crippen LogP contribution in [0.4, 0.5) is 4.39 Å². The summed E-state index contributed by atoms with van der Waals surface area (Å²) in [5.74, 6) is -1.21. The van der Waals surface area contributed by atoms with Gasteiger partial charge in [-0.3, -0.25) is 0 Å². The van der Waals surface area contributed by atoms with Crippen LogP contribution in [0, 0.1) is 5.82 Å². The molecule has 0 unspecified atom stereocenters. The first kappa shape index (κ1) is 14.0. The van der Waals surface area contributed by atoms with Crippen LogP contribution in [0.3, 0.4) is 0 Å². The van der Waals surface area contributed by atoms with Gasteiger partial charge in [0.25, 0.3) is 0 Å². The lowest BCUT2D eigenvalue weighted by Gasteiger charge is -2.12. The van der Waals surface area contributed by atoms with Crippen molar-refractivity contribution in [2.24, 2.45) is 0 Å². The first-order valence-corrected chi connectivity index (χ1v) is 6.18. The van der Waals surface area contributed by atoms with Gasteiger partial charge >= 0.3 is 5.97 Å². The molecule has 0 aliphatic carbocycles. The van der Waals surface area contributed by atoms with Gasteiger partial charge < -0.3 is 9.84 Å². The number of ether oxygens (including phenoxy) is 1. The van der Waals surface area contributed by atoms with E-state index in [9.17, 15) is 9.18 Å². The smallest absolute Gasteiger partial charge is 0.356 e. The molecule has 2 rings (SSSR count). The first-order valence-electron chi connectivity index (χ1n) is 6.18. The van der Waals surface area contributed by atoms with Crippen molar-refractivity contribution in [3.63, 3.8) is 0 Å². The molecule has 0 spiro atoms. The standard InChI is InChI=1S/C14H15FN2O3/c1-9(2)20-13-7-12(14(18)19)16-17(13)8-10-5-3-4-6-11(10)15/h3-7,9H,8H2,1-2H3,(H,18,19). The van der Waals surface area contributed by atoms with Crippen LogP contribution >= 0.6 is 0 Å². The number of benzene rings is 1. The number of rotatable bonds is 5. The van der Waals surface area contributed by atoms with E-state index in [0.29, 0.717) is 11.4 Å². The lowest BCUT2D eigenvalue weighted by atomic mass is 10.2. The minimum Gasteiger partial charge on any atom is -0.476 e. The van der Waals surface area contributed by atoms with Crippen molar-refractivity contribution in [1.82, 2.24) is 9.78 Å². The summed E-state index contributed by atoms with van der Waals surface area (Å²) in [6.45, 7) is 3.75. The summed E-state index contributed by atoms with van der Waals surface area (Å²) < 4.78 is 20.5. The van der Waals surface area contributed by atoms with Crippen LogP contribution in [0.1, 0.15) is 29.9 Å². The van der Waals surface area contributed by atoms with Gasteiger partial charge in [-0.05, 0) is 19.9 Å². The average Bonchev–Trinajstić information content (AvgIpc) is 2.75. The van der Waals surface area contributed by atoms with E-state index in [2.05, 4.69) is 5.10 Å². The van der Waals surface area contributed by atoms with E-state index in [1.165, 1.54) is 16.8 Å². The van der Waals surface area contributed by atoms with E-state index in [4.69, 9.17) is 9.84 Å². The molecule has 1 heterocycles. The van der Waals surface area contributed by atoms with Gasteiger partial charge in [-0.1, -0.05) is 18.2 Å². The third kappa shape index (κ3) is 3.14. The topological polar surface area (TPSA) is 64.3 Å². The number of carbonyl (C=O) groups is 1. The van der Waals surface area contributed by atoms with E-state index in [1.807, 2.05) is 13.8 Å². The SMILES string of the molecule is CC(C)Oc1cc(C(=O)O)nn1Cc1ccccc1F. The highest BCUT2D eigenvalue weighted by Gasteiger charge is 2.16. The predicted molar refractivity (Wildman–Crippen MR) is 70.5 cm³/mol. The fraction of sp³-hybridized carbons (Fsp3) is 0.286. The number of aromatic nitrogens is 2. The lowest BCUT2D eigenvalue weighted by Crippen LogP contribution is -2.12. The number of hydrogen-bond donors (Lipinski definition) is 1. The Morgan fingerprint density at radius 2 is 2.15 bits per heavy atom. The Kier molecular flexibility index (Phi) is 4.02. The predicted octanol–water partition coefficient (Wildman–Crippen LogP) is 2.56. The van der Waals surface area contributed by atoms with Gasteiger partial charge in [0.1, 0.15) is 5.82 Å². The number of hydrogen-bond acceptors (Lipinski definition) is 3. The van der Waals surface area contributed by atoms with Crippen molar-refractivity contribution in [3.05, 3.63) is 47.4 Å². The maximum absolute atomic E-state index is 13.6. The molecule has 0 amide bonds. The lowest BCUT2D eigenvalue weighted by molar-refractivity contribution is 0.0689. The minimum atomic E-state index is -1.15. The Morgan fingerprint density at radius 1 is 1.45 bits per heavy atom. The molecule has 2 aromatic rings. The third-order valence-corrected chi connectivity index (χ3v) is 2.60. The zero-order valence-electron chi connectivity index (χ0n) is 11.2. The Labute approximate surface area is 115 Å². The van der Waals surface area contributed by atoms with Crippen molar-refractivity contribution in [2.45, 2.75) is 26.5 Å². The third-order valence-electron chi connectivity index (χ3n) is 2.60. The summed E-state index contributed by atoms with van der Waals surface area (Å²) in [4.78, 5) is 11.0. The highest BCUT2D eigenvalue weighted by atomic mass is 19.1. The van der Waals surface area contributed by atoms with Gasteiger partial charge in [-0.2, -0.15) is 5.10 Å². The minimum absolute atomic E-state index is 0.113. The van der Waals surface area contributed by atoms with Crippen molar-refractivity contribution >= 4 is 5.97 Å². The van der Waals surface area contributed by atoms with Crippen LogP contribution in [0.25, 0.3) is 0 Å². The summed E-state index contributed by atoms with van der Waals surface area (Å²) in [6, 6.07) is 7.61. The Morgan fingerprint density at radius 3 is 2.75 bits per heavy atom. The highest BCUT2D eigenvalue weighted by molar-refractivity contribution is 5.85. The second kappa shape index (κ2) is 5.73. The normalized spacial score (nSPS) is 10.8. The highest BCUT2D eigenvalue weighted by Crippen LogP contribution is 2.18. The van der Waals surface area contributed by atoms with Crippen LogP contribution in [0.15, 0.2) is 30.3 Å². The first-order chi connectivity index (χ1) is 9.47. The van der Waals surface area contributed by atoms with E-state index in [-0.39, 0.29) is 24.2 Å². The molecule has 106 valence electrons. The second-order valence-corrected chi connectivity index (χ2v) is 4.59.